The van der Waals surface area contributed by atoms with Crippen LogP contribution >= 0.6 is 27.5 Å². The Hall–Kier alpha value is -1.32. The summed E-state index contributed by atoms with van der Waals surface area (Å²) < 4.78 is 6.50. The molecule has 2 rings (SSSR count). The minimum atomic E-state index is 0.0114. The van der Waals surface area contributed by atoms with Crippen LogP contribution in [0, 0.1) is 6.92 Å². The number of aryl methyl sites for hydroxylation is 1. The Morgan fingerprint density at radius 3 is 2.58 bits per heavy atom. The zero-order chi connectivity index (χ0) is 14.0. The van der Waals surface area contributed by atoms with Gasteiger partial charge in [0.15, 0.2) is 5.78 Å². The van der Waals surface area contributed by atoms with E-state index in [1.807, 2.05) is 19.1 Å². The van der Waals surface area contributed by atoms with E-state index in [0.29, 0.717) is 22.1 Å². The highest BCUT2D eigenvalue weighted by Gasteiger charge is 2.08. The molecular weight excluding hydrogens is 328 g/mol. The monoisotopic (exact) mass is 338 g/mol. The summed E-state index contributed by atoms with van der Waals surface area (Å²) in [6, 6.07) is 10.8. The number of halogens is 2. The van der Waals surface area contributed by atoms with E-state index in [1.54, 1.807) is 24.3 Å². The second-order valence-corrected chi connectivity index (χ2v) is 5.50. The molecule has 0 radical (unpaired) electrons. The van der Waals surface area contributed by atoms with Gasteiger partial charge in [0.25, 0.3) is 0 Å². The maximum atomic E-state index is 11.3. The third kappa shape index (κ3) is 3.37. The van der Waals surface area contributed by atoms with Gasteiger partial charge in [-0.25, -0.2) is 0 Å². The highest BCUT2D eigenvalue weighted by atomic mass is 79.9. The molecule has 0 N–H and O–H groups in total. The lowest BCUT2D eigenvalue weighted by Crippen LogP contribution is -1.94. The Labute approximate surface area is 125 Å². The van der Waals surface area contributed by atoms with Crippen molar-refractivity contribution in [3.8, 4) is 11.5 Å². The molecule has 0 aliphatic carbocycles. The number of hydrogen-bond acceptors (Lipinski definition) is 2. The van der Waals surface area contributed by atoms with Crippen molar-refractivity contribution in [2.24, 2.45) is 0 Å². The normalized spacial score (nSPS) is 10.3. The van der Waals surface area contributed by atoms with E-state index < -0.39 is 0 Å². The van der Waals surface area contributed by atoms with Crippen LogP contribution in [-0.2, 0) is 0 Å². The van der Waals surface area contributed by atoms with Crippen LogP contribution < -0.4 is 4.74 Å². The third-order valence-corrected chi connectivity index (χ3v) is 3.59. The van der Waals surface area contributed by atoms with Crippen molar-refractivity contribution in [3.05, 3.63) is 57.0 Å². The van der Waals surface area contributed by atoms with Gasteiger partial charge in [0, 0.05) is 15.1 Å². The SMILES string of the molecule is CC(=O)c1ccc(Oc2cc(Cl)ccc2C)cc1Br. The first-order valence-electron chi connectivity index (χ1n) is 5.72. The van der Waals surface area contributed by atoms with Crippen molar-refractivity contribution in [1.29, 1.82) is 0 Å². The van der Waals surface area contributed by atoms with Crippen LogP contribution in [0.1, 0.15) is 22.8 Å². The van der Waals surface area contributed by atoms with Crippen LogP contribution in [0.15, 0.2) is 40.9 Å². The van der Waals surface area contributed by atoms with Crippen LogP contribution in [0.3, 0.4) is 0 Å². The molecular formula is C15H12BrClO2. The van der Waals surface area contributed by atoms with E-state index in [0.717, 1.165) is 10.0 Å². The number of carbonyl (C=O) groups is 1. The molecule has 0 heterocycles. The van der Waals surface area contributed by atoms with Gasteiger partial charge >= 0.3 is 0 Å². The van der Waals surface area contributed by atoms with Crippen LogP contribution in [0.4, 0.5) is 0 Å². The number of rotatable bonds is 3. The van der Waals surface area contributed by atoms with Crippen molar-refractivity contribution in [2.45, 2.75) is 13.8 Å². The summed E-state index contributed by atoms with van der Waals surface area (Å²) in [6.45, 7) is 3.48. The van der Waals surface area contributed by atoms with Gasteiger partial charge < -0.3 is 4.74 Å². The van der Waals surface area contributed by atoms with Gasteiger partial charge in [-0.1, -0.05) is 17.7 Å². The first-order valence-corrected chi connectivity index (χ1v) is 6.89. The summed E-state index contributed by atoms with van der Waals surface area (Å²) in [4.78, 5) is 11.3. The highest BCUT2D eigenvalue weighted by molar-refractivity contribution is 9.10. The molecule has 0 amide bonds. The lowest BCUT2D eigenvalue weighted by Gasteiger charge is -2.10. The van der Waals surface area contributed by atoms with Crippen LogP contribution in [0.5, 0.6) is 11.5 Å². The molecule has 4 heteroatoms. The fraction of sp³-hybridized carbons (Fsp3) is 0.133. The summed E-state index contributed by atoms with van der Waals surface area (Å²) >= 11 is 9.31. The molecule has 0 unspecified atom stereocenters. The maximum Gasteiger partial charge on any atom is 0.160 e. The third-order valence-electron chi connectivity index (χ3n) is 2.70. The fourth-order valence-electron chi connectivity index (χ4n) is 1.66. The second kappa shape index (κ2) is 5.76. The second-order valence-electron chi connectivity index (χ2n) is 4.21. The molecule has 0 saturated carbocycles. The van der Waals surface area contributed by atoms with Gasteiger partial charge in [-0.3, -0.25) is 4.79 Å². The largest absolute Gasteiger partial charge is 0.457 e. The zero-order valence-electron chi connectivity index (χ0n) is 10.5. The maximum absolute atomic E-state index is 11.3. The van der Waals surface area contributed by atoms with E-state index >= 15 is 0 Å². The van der Waals surface area contributed by atoms with E-state index in [9.17, 15) is 4.79 Å². The number of ketones is 1. The molecule has 0 bridgehead atoms. The lowest BCUT2D eigenvalue weighted by molar-refractivity contribution is 0.101. The Morgan fingerprint density at radius 1 is 1.21 bits per heavy atom. The van der Waals surface area contributed by atoms with Gasteiger partial charge in [0.2, 0.25) is 0 Å². The summed E-state index contributed by atoms with van der Waals surface area (Å²) in [5.74, 6) is 1.37. The van der Waals surface area contributed by atoms with Gasteiger partial charge in [0.05, 0.1) is 0 Å². The van der Waals surface area contributed by atoms with Crippen molar-refractivity contribution >= 4 is 33.3 Å². The van der Waals surface area contributed by atoms with Gasteiger partial charge in [-0.2, -0.15) is 0 Å². The topological polar surface area (TPSA) is 26.3 Å². The molecule has 0 aromatic heterocycles. The van der Waals surface area contributed by atoms with Crippen LogP contribution in [0.2, 0.25) is 5.02 Å². The van der Waals surface area contributed by atoms with Crippen LogP contribution in [0.25, 0.3) is 0 Å². The molecule has 0 spiro atoms. The molecule has 0 saturated heterocycles. The van der Waals surface area contributed by atoms with Gasteiger partial charge in [-0.15, -0.1) is 0 Å². The van der Waals surface area contributed by atoms with Crippen molar-refractivity contribution in [1.82, 2.24) is 0 Å². The number of benzene rings is 2. The van der Waals surface area contributed by atoms with Crippen LogP contribution in [-0.4, -0.2) is 5.78 Å². The smallest absolute Gasteiger partial charge is 0.160 e. The molecule has 0 atom stereocenters. The molecule has 98 valence electrons. The summed E-state index contributed by atoms with van der Waals surface area (Å²) in [7, 11) is 0. The number of hydrogen-bond donors (Lipinski definition) is 0. The fourth-order valence-corrected chi connectivity index (χ4v) is 2.45. The highest BCUT2D eigenvalue weighted by Crippen LogP contribution is 2.30. The Balaban J connectivity index is 2.31. The molecule has 0 aliphatic rings. The summed E-state index contributed by atoms with van der Waals surface area (Å²) in [5, 5.41) is 0.625. The molecule has 0 fully saturated rings. The van der Waals surface area contributed by atoms with Gasteiger partial charge in [0.1, 0.15) is 11.5 Å². The predicted molar refractivity (Wildman–Crippen MR) is 80.4 cm³/mol. The predicted octanol–water partition coefficient (Wildman–Crippen LogP) is 5.41. The number of carbonyl (C=O) groups excluding carboxylic acids is 1. The quantitative estimate of drug-likeness (QED) is 0.699. The van der Waals surface area contributed by atoms with Crippen molar-refractivity contribution in [3.63, 3.8) is 0 Å². The first kappa shape index (κ1) is 14.1. The first-order chi connectivity index (χ1) is 8.97. The summed E-state index contributed by atoms with van der Waals surface area (Å²) in [6.07, 6.45) is 0. The van der Waals surface area contributed by atoms with Gasteiger partial charge in [-0.05, 0) is 65.7 Å². The van der Waals surface area contributed by atoms with E-state index in [1.165, 1.54) is 6.92 Å². The molecule has 2 aromatic carbocycles. The van der Waals surface area contributed by atoms with Crippen molar-refractivity contribution < 1.29 is 9.53 Å². The average molecular weight is 340 g/mol. The average Bonchev–Trinajstić information content (AvgIpc) is 2.33. The standard InChI is InChI=1S/C15H12BrClO2/c1-9-3-4-11(17)7-15(9)19-12-5-6-13(10(2)18)14(16)8-12/h3-8H,1-2H3. The Kier molecular flexibility index (Phi) is 4.27. The lowest BCUT2D eigenvalue weighted by atomic mass is 10.1. The van der Waals surface area contributed by atoms with E-state index in [4.69, 9.17) is 16.3 Å². The number of ether oxygens (including phenoxy) is 1. The minimum Gasteiger partial charge on any atom is -0.457 e. The Bertz CT molecular complexity index is 638. The molecule has 19 heavy (non-hydrogen) atoms. The van der Waals surface area contributed by atoms with Crippen molar-refractivity contribution in [2.75, 3.05) is 0 Å². The molecule has 0 aliphatic heterocycles. The summed E-state index contributed by atoms with van der Waals surface area (Å²) in [5.41, 5.74) is 1.63. The Morgan fingerprint density at radius 2 is 1.95 bits per heavy atom. The molecule has 2 aromatic rings. The zero-order valence-corrected chi connectivity index (χ0v) is 12.9. The van der Waals surface area contributed by atoms with E-state index in [-0.39, 0.29) is 5.78 Å². The minimum absolute atomic E-state index is 0.0114. The van der Waals surface area contributed by atoms with E-state index in [2.05, 4.69) is 15.9 Å². The number of Topliss-reactive ketones (excluding diaryl/α,β-unsaturated/α-hetero) is 1. The molecule has 2 nitrogen and oxygen atoms in total.